The molecule has 7 nitrogen and oxygen atoms in total. The maximum Gasteiger partial charge on any atom is 0.244 e. The van der Waals surface area contributed by atoms with Gasteiger partial charge in [0, 0.05) is 23.1 Å². The monoisotopic (exact) mass is 378 g/mol. The van der Waals surface area contributed by atoms with Crippen LogP contribution in [0.2, 0.25) is 0 Å². The molecule has 0 aliphatic carbocycles. The molecule has 28 heavy (non-hydrogen) atoms. The molecule has 2 aromatic carbocycles. The van der Waals surface area contributed by atoms with Crippen LogP contribution >= 0.6 is 0 Å². The molecule has 1 amide bonds. The van der Waals surface area contributed by atoms with Crippen LogP contribution in [0.25, 0.3) is 22.2 Å². The van der Waals surface area contributed by atoms with Gasteiger partial charge in [-0.1, -0.05) is 6.07 Å². The molecule has 2 N–H and O–H groups in total. The highest BCUT2D eigenvalue weighted by atomic mass is 19.1. The number of aryl methyl sites for hydroxylation is 1. The molecule has 8 heteroatoms. The minimum atomic E-state index is -0.488. The van der Waals surface area contributed by atoms with Crippen LogP contribution in [-0.4, -0.2) is 31.1 Å². The fraction of sp³-hybridized carbons (Fsp3) is 0.200. The summed E-state index contributed by atoms with van der Waals surface area (Å²) in [5.74, 6) is -0.420. The minimum absolute atomic E-state index is 0.162. The van der Waals surface area contributed by atoms with Gasteiger partial charge in [-0.15, -0.1) is 5.10 Å². The number of halogens is 1. The largest absolute Gasteiger partial charge is 0.354 e. The highest BCUT2D eigenvalue weighted by Crippen LogP contribution is 2.30. The van der Waals surface area contributed by atoms with Gasteiger partial charge in [0.05, 0.1) is 0 Å². The van der Waals surface area contributed by atoms with E-state index in [1.807, 2.05) is 19.1 Å². The maximum absolute atomic E-state index is 13.2. The molecular weight excluding hydrogens is 359 g/mol. The third-order valence-electron chi connectivity index (χ3n) is 4.86. The molecule has 0 aliphatic heterocycles. The Morgan fingerprint density at radius 3 is 2.75 bits per heavy atom. The van der Waals surface area contributed by atoms with Gasteiger partial charge in [-0.2, -0.15) is 0 Å². The van der Waals surface area contributed by atoms with Crippen molar-refractivity contribution in [3.05, 3.63) is 65.7 Å². The summed E-state index contributed by atoms with van der Waals surface area (Å²) in [5, 5.41) is 14.8. The van der Waals surface area contributed by atoms with E-state index in [4.69, 9.17) is 0 Å². The topological polar surface area (TPSA) is 88.5 Å². The van der Waals surface area contributed by atoms with Gasteiger partial charge in [0.2, 0.25) is 5.91 Å². The van der Waals surface area contributed by atoms with E-state index in [1.54, 1.807) is 19.1 Å². The van der Waals surface area contributed by atoms with Gasteiger partial charge < -0.3 is 10.3 Å². The molecule has 0 radical (unpaired) electrons. The molecule has 0 saturated carbocycles. The number of carbonyl (C=O) groups is 1. The Bertz CT molecular complexity index is 1120. The van der Waals surface area contributed by atoms with E-state index in [-0.39, 0.29) is 11.7 Å². The van der Waals surface area contributed by atoms with Crippen LogP contribution in [-0.2, 0) is 11.3 Å². The highest BCUT2D eigenvalue weighted by molar-refractivity contribution is 5.91. The number of fused-ring (bicyclic) bond motifs is 1. The smallest absolute Gasteiger partial charge is 0.244 e. The molecule has 4 rings (SSSR count). The van der Waals surface area contributed by atoms with Crippen molar-refractivity contribution in [2.45, 2.75) is 26.4 Å². The predicted molar refractivity (Wildman–Crippen MR) is 103 cm³/mol. The summed E-state index contributed by atoms with van der Waals surface area (Å²) in [5.41, 5.74) is 4.95. The van der Waals surface area contributed by atoms with Crippen molar-refractivity contribution in [2.75, 3.05) is 0 Å². The van der Waals surface area contributed by atoms with Gasteiger partial charge in [0.1, 0.15) is 18.2 Å². The number of benzene rings is 2. The first-order chi connectivity index (χ1) is 13.5. The lowest BCUT2D eigenvalue weighted by molar-refractivity contribution is -0.124. The highest BCUT2D eigenvalue weighted by Gasteiger charge is 2.16. The second-order valence-corrected chi connectivity index (χ2v) is 6.70. The molecular formula is C20H19FN6O. The number of aromatic nitrogens is 5. The van der Waals surface area contributed by atoms with Crippen LogP contribution in [0.3, 0.4) is 0 Å². The van der Waals surface area contributed by atoms with Gasteiger partial charge in [-0.3, -0.25) is 4.79 Å². The van der Waals surface area contributed by atoms with Crippen LogP contribution < -0.4 is 5.32 Å². The standard InChI is InChI=1S/C20H19FN6O/c1-12-17-9-14(10-22-20(28)13(2)27-11-23-25-26-27)3-8-18(17)24-19(12)15-4-6-16(21)7-5-15/h3-9,11,13,24H,10H2,1-2H3,(H,22,28)/t13-/m0/s1. The van der Waals surface area contributed by atoms with Gasteiger partial charge >= 0.3 is 0 Å². The Morgan fingerprint density at radius 2 is 2.04 bits per heavy atom. The second-order valence-electron chi connectivity index (χ2n) is 6.70. The first-order valence-corrected chi connectivity index (χ1v) is 8.90. The molecule has 0 bridgehead atoms. The SMILES string of the molecule is Cc1c(-c2ccc(F)cc2)[nH]c2ccc(CNC(=O)[C@H](C)n3cnnn3)cc12. The zero-order chi connectivity index (χ0) is 19.7. The van der Waals surface area contributed by atoms with Crippen molar-refractivity contribution in [1.82, 2.24) is 30.5 Å². The molecule has 4 aromatic rings. The number of tetrazole rings is 1. The average Bonchev–Trinajstić information content (AvgIpc) is 3.35. The van der Waals surface area contributed by atoms with Crippen molar-refractivity contribution in [1.29, 1.82) is 0 Å². The lowest BCUT2D eigenvalue weighted by Crippen LogP contribution is -2.30. The van der Waals surface area contributed by atoms with E-state index in [0.29, 0.717) is 6.54 Å². The second kappa shape index (κ2) is 7.22. The minimum Gasteiger partial charge on any atom is -0.354 e. The Kier molecular flexibility index (Phi) is 4.60. The first-order valence-electron chi connectivity index (χ1n) is 8.90. The first kappa shape index (κ1) is 17.8. The van der Waals surface area contributed by atoms with Crippen molar-refractivity contribution in [3.8, 4) is 11.3 Å². The number of nitrogens with zero attached hydrogens (tertiary/aromatic N) is 4. The molecule has 0 spiro atoms. The summed E-state index contributed by atoms with van der Waals surface area (Å²) >= 11 is 0. The zero-order valence-corrected chi connectivity index (χ0v) is 15.5. The number of rotatable bonds is 5. The number of carbonyl (C=O) groups excluding carboxylic acids is 1. The van der Waals surface area contributed by atoms with Crippen LogP contribution in [0.4, 0.5) is 4.39 Å². The zero-order valence-electron chi connectivity index (χ0n) is 15.5. The quantitative estimate of drug-likeness (QED) is 0.558. The maximum atomic E-state index is 13.2. The fourth-order valence-electron chi connectivity index (χ4n) is 3.19. The summed E-state index contributed by atoms with van der Waals surface area (Å²) < 4.78 is 14.6. The molecule has 0 unspecified atom stereocenters. The van der Waals surface area contributed by atoms with E-state index >= 15 is 0 Å². The Hall–Kier alpha value is -3.55. The summed E-state index contributed by atoms with van der Waals surface area (Å²) in [6.45, 7) is 4.16. The molecule has 142 valence electrons. The Labute approximate surface area is 160 Å². The molecule has 2 heterocycles. The Morgan fingerprint density at radius 1 is 1.25 bits per heavy atom. The number of hydrogen-bond donors (Lipinski definition) is 2. The average molecular weight is 378 g/mol. The van der Waals surface area contributed by atoms with E-state index in [9.17, 15) is 9.18 Å². The number of aromatic amines is 1. The van der Waals surface area contributed by atoms with Gasteiger partial charge in [0.15, 0.2) is 0 Å². The van der Waals surface area contributed by atoms with Crippen LogP contribution in [0.5, 0.6) is 0 Å². The summed E-state index contributed by atoms with van der Waals surface area (Å²) in [4.78, 5) is 15.7. The van der Waals surface area contributed by atoms with Gasteiger partial charge in [0.25, 0.3) is 0 Å². The number of amides is 1. The lowest BCUT2D eigenvalue weighted by Gasteiger charge is -2.11. The third-order valence-corrected chi connectivity index (χ3v) is 4.86. The van der Waals surface area contributed by atoms with Crippen LogP contribution in [0, 0.1) is 12.7 Å². The van der Waals surface area contributed by atoms with Crippen molar-refractivity contribution in [2.24, 2.45) is 0 Å². The van der Waals surface area contributed by atoms with Crippen molar-refractivity contribution in [3.63, 3.8) is 0 Å². The number of nitrogens with one attached hydrogen (secondary N) is 2. The summed E-state index contributed by atoms with van der Waals surface area (Å²) in [6.07, 6.45) is 1.41. The van der Waals surface area contributed by atoms with E-state index in [2.05, 4.69) is 31.9 Å². The summed E-state index contributed by atoms with van der Waals surface area (Å²) in [6, 6.07) is 11.9. The van der Waals surface area contributed by atoms with Crippen molar-refractivity contribution < 1.29 is 9.18 Å². The van der Waals surface area contributed by atoms with E-state index in [0.717, 1.165) is 33.3 Å². The summed E-state index contributed by atoms with van der Waals surface area (Å²) in [7, 11) is 0. The van der Waals surface area contributed by atoms with Crippen LogP contribution in [0.15, 0.2) is 48.8 Å². The van der Waals surface area contributed by atoms with E-state index < -0.39 is 6.04 Å². The molecule has 0 fully saturated rings. The van der Waals surface area contributed by atoms with Gasteiger partial charge in [-0.05, 0) is 77.4 Å². The molecule has 0 saturated heterocycles. The van der Waals surface area contributed by atoms with Crippen molar-refractivity contribution >= 4 is 16.8 Å². The van der Waals surface area contributed by atoms with Gasteiger partial charge in [-0.25, -0.2) is 9.07 Å². The normalized spacial score (nSPS) is 12.2. The fourth-order valence-corrected chi connectivity index (χ4v) is 3.19. The predicted octanol–water partition coefficient (Wildman–Crippen LogP) is 3.15. The van der Waals surface area contributed by atoms with Crippen LogP contribution in [0.1, 0.15) is 24.1 Å². The third kappa shape index (κ3) is 3.36. The molecule has 1 atom stereocenters. The Balaban J connectivity index is 1.54. The lowest BCUT2D eigenvalue weighted by atomic mass is 10.0. The number of H-pyrrole nitrogens is 1. The molecule has 2 aromatic heterocycles. The molecule has 0 aliphatic rings. The number of hydrogen-bond acceptors (Lipinski definition) is 4. The van der Waals surface area contributed by atoms with E-state index in [1.165, 1.54) is 23.1 Å².